The van der Waals surface area contributed by atoms with Crippen molar-refractivity contribution in [2.75, 3.05) is 4.43 Å². The van der Waals surface area contributed by atoms with Crippen molar-refractivity contribution in [1.82, 2.24) is 0 Å². The van der Waals surface area contributed by atoms with E-state index in [2.05, 4.69) is 27.6 Å². The minimum absolute atomic E-state index is 0.103. The van der Waals surface area contributed by atoms with Crippen LogP contribution in [0.1, 0.15) is 0 Å². The van der Waals surface area contributed by atoms with Crippen molar-refractivity contribution in [3.05, 3.63) is 12.3 Å². The molecule has 0 saturated heterocycles. The van der Waals surface area contributed by atoms with Gasteiger partial charge in [-0.1, -0.05) is 28.7 Å². The van der Waals surface area contributed by atoms with Crippen molar-refractivity contribution in [1.29, 1.82) is 0 Å². The molecule has 0 fully saturated rings. The Morgan fingerprint density at radius 1 is 1.62 bits per heavy atom. The van der Waals surface area contributed by atoms with E-state index in [1.54, 1.807) is 6.20 Å². The molecule has 0 rings (SSSR count). The first-order valence-electron chi connectivity index (χ1n) is 2.07. The smallest absolute Gasteiger partial charge is 0.190 e. The summed E-state index contributed by atoms with van der Waals surface area (Å²) in [6.45, 7) is 0. The van der Waals surface area contributed by atoms with E-state index >= 15 is 0 Å². The highest BCUT2D eigenvalue weighted by atomic mass is 127. The van der Waals surface area contributed by atoms with E-state index in [4.69, 9.17) is 11.5 Å². The van der Waals surface area contributed by atoms with Crippen molar-refractivity contribution < 1.29 is 0 Å². The fourth-order valence-electron chi connectivity index (χ4n) is 0.179. The Kier molecular flexibility index (Phi) is 4.73. The highest BCUT2D eigenvalue weighted by Crippen LogP contribution is 1.81. The molecule has 0 spiro atoms. The molecule has 0 unspecified atom stereocenters. The molecule has 8 heavy (non-hydrogen) atoms. The maximum Gasteiger partial charge on any atom is 0.190 e. The predicted molar refractivity (Wildman–Crippen MR) is 43.8 cm³/mol. The molecule has 0 bridgehead atoms. The van der Waals surface area contributed by atoms with Crippen LogP contribution in [-0.2, 0) is 0 Å². The van der Waals surface area contributed by atoms with Gasteiger partial charge in [0, 0.05) is 10.6 Å². The summed E-state index contributed by atoms with van der Waals surface area (Å²) in [5.74, 6) is 0.103. The van der Waals surface area contributed by atoms with Crippen molar-refractivity contribution >= 4 is 28.6 Å². The molecule has 0 aliphatic carbocycles. The molecule has 0 aliphatic heterocycles. The van der Waals surface area contributed by atoms with Crippen LogP contribution >= 0.6 is 22.6 Å². The molecule has 0 aromatic rings. The summed E-state index contributed by atoms with van der Waals surface area (Å²) in [4.78, 5) is 3.60. The standard InChI is InChI=1S/C4H8IN3/c5-2-1-3-8-4(6)7/h1,3H,2H2,(H4,6,7,8)/b3-1-. The molecule has 0 saturated carbocycles. The normalized spacial score (nSPS) is 9.62. The average molecular weight is 225 g/mol. The van der Waals surface area contributed by atoms with Crippen LogP contribution in [0.4, 0.5) is 0 Å². The van der Waals surface area contributed by atoms with E-state index in [1.165, 1.54) is 0 Å². The van der Waals surface area contributed by atoms with Crippen molar-refractivity contribution in [3.63, 3.8) is 0 Å². The number of nitrogens with zero attached hydrogens (tertiary/aromatic N) is 1. The van der Waals surface area contributed by atoms with E-state index in [-0.39, 0.29) is 5.96 Å². The lowest BCUT2D eigenvalue weighted by Crippen LogP contribution is -2.21. The number of allylic oxidation sites excluding steroid dienone is 1. The van der Waals surface area contributed by atoms with Crippen LogP contribution in [0, 0.1) is 0 Å². The highest BCUT2D eigenvalue weighted by molar-refractivity contribution is 14.1. The number of hydrogen-bond donors (Lipinski definition) is 2. The van der Waals surface area contributed by atoms with Gasteiger partial charge in [0.2, 0.25) is 0 Å². The van der Waals surface area contributed by atoms with Gasteiger partial charge in [-0.3, -0.25) is 0 Å². The first kappa shape index (κ1) is 7.74. The summed E-state index contributed by atoms with van der Waals surface area (Å²) in [6, 6.07) is 0. The predicted octanol–water partition coefficient (Wildman–Crippen LogP) is 0.209. The highest BCUT2D eigenvalue weighted by Gasteiger charge is 1.69. The van der Waals surface area contributed by atoms with Crippen LogP contribution in [0.5, 0.6) is 0 Å². The number of hydrogen-bond acceptors (Lipinski definition) is 1. The van der Waals surface area contributed by atoms with Crippen LogP contribution in [0.3, 0.4) is 0 Å². The van der Waals surface area contributed by atoms with Gasteiger partial charge in [0.15, 0.2) is 5.96 Å². The monoisotopic (exact) mass is 225 g/mol. The number of nitrogens with two attached hydrogens (primary N) is 2. The quantitative estimate of drug-likeness (QED) is 0.305. The molecule has 4 heteroatoms. The molecule has 0 aliphatic rings. The zero-order valence-electron chi connectivity index (χ0n) is 4.34. The van der Waals surface area contributed by atoms with E-state index in [0.29, 0.717) is 0 Å². The minimum Gasteiger partial charge on any atom is -0.370 e. The number of halogens is 1. The first-order chi connectivity index (χ1) is 3.77. The third-order valence-electron chi connectivity index (χ3n) is 0.418. The summed E-state index contributed by atoms with van der Waals surface area (Å²) in [5, 5.41) is 0. The zero-order valence-corrected chi connectivity index (χ0v) is 6.50. The Bertz CT molecular complexity index is 104. The topological polar surface area (TPSA) is 64.4 Å². The lowest BCUT2D eigenvalue weighted by Gasteiger charge is -1.81. The van der Waals surface area contributed by atoms with Gasteiger partial charge in [0.25, 0.3) is 0 Å². The van der Waals surface area contributed by atoms with Crippen LogP contribution in [-0.4, -0.2) is 10.4 Å². The Morgan fingerprint density at radius 3 is 2.62 bits per heavy atom. The van der Waals surface area contributed by atoms with Crippen molar-refractivity contribution in [3.8, 4) is 0 Å². The van der Waals surface area contributed by atoms with Crippen LogP contribution in [0.15, 0.2) is 17.3 Å². The SMILES string of the molecule is NC(N)=N/C=C\CI. The third-order valence-corrected chi connectivity index (χ3v) is 0.927. The van der Waals surface area contributed by atoms with Gasteiger partial charge in [-0.15, -0.1) is 0 Å². The number of alkyl halides is 1. The van der Waals surface area contributed by atoms with E-state index in [1.807, 2.05) is 6.08 Å². The van der Waals surface area contributed by atoms with Gasteiger partial charge in [0.05, 0.1) is 0 Å². The van der Waals surface area contributed by atoms with E-state index in [0.717, 1.165) is 4.43 Å². The number of rotatable bonds is 2. The second kappa shape index (κ2) is 4.89. The van der Waals surface area contributed by atoms with Crippen LogP contribution in [0.25, 0.3) is 0 Å². The van der Waals surface area contributed by atoms with E-state index in [9.17, 15) is 0 Å². The van der Waals surface area contributed by atoms with Crippen LogP contribution in [0.2, 0.25) is 0 Å². The van der Waals surface area contributed by atoms with Gasteiger partial charge in [0.1, 0.15) is 0 Å². The maximum absolute atomic E-state index is 5.01. The molecule has 0 heterocycles. The zero-order chi connectivity index (χ0) is 6.41. The molecular formula is C4H8IN3. The maximum atomic E-state index is 5.01. The number of guanidine groups is 1. The fraction of sp³-hybridized carbons (Fsp3) is 0.250. The Hall–Kier alpha value is -0.260. The lowest BCUT2D eigenvalue weighted by atomic mass is 10.7. The average Bonchev–Trinajstić information content (AvgIpc) is 1.66. The molecule has 0 aromatic heterocycles. The summed E-state index contributed by atoms with van der Waals surface area (Å²) >= 11 is 2.20. The van der Waals surface area contributed by atoms with E-state index < -0.39 is 0 Å². The molecule has 4 N–H and O–H groups in total. The summed E-state index contributed by atoms with van der Waals surface area (Å²) < 4.78 is 0.925. The fourth-order valence-corrected chi connectivity index (χ4v) is 0.406. The second-order valence-corrected chi connectivity index (χ2v) is 1.97. The first-order valence-corrected chi connectivity index (χ1v) is 3.59. The molecule has 0 aromatic carbocycles. The van der Waals surface area contributed by atoms with Crippen LogP contribution < -0.4 is 11.5 Å². The number of aliphatic imine (C=N–C) groups is 1. The van der Waals surface area contributed by atoms with Crippen molar-refractivity contribution in [2.45, 2.75) is 0 Å². The minimum atomic E-state index is 0.103. The molecule has 46 valence electrons. The van der Waals surface area contributed by atoms with Gasteiger partial charge in [-0.25, -0.2) is 4.99 Å². The Morgan fingerprint density at radius 2 is 2.25 bits per heavy atom. The molecular weight excluding hydrogens is 217 g/mol. The molecule has 0 amide bonds. The molecule has 3 nitrogen and oxygen atoms in total. The molecule has 0 atom stereocenters. The summed E-state index contributed by atoms with van der Waals surface area (Å²) in [5.41, 5.74) is 10.0. The summed E-state index contributed by atoms with van der Waals surface area (Å²) in [7, 11) is 0. The lowest BCUT2D eigenvalue weighted by molar-refractivity contribution is 1.42. The van der Waals surface area contributed by atoms with Crippen molar-refractivity contribution in [2.24, 2.45) is 16.5 Å². The van der Waals surface area contributed by atoms with Gasteiger partial charge >= 0.3 is 0 Å². The van der Waals surface area contributed by atoms with Gasteiger partial charge in [-0.2, -0.15) is 0 Å². The van der Waals surface area contributed by atoms with Gasteiger partial charge in [-0.05, 0) is 0 Å². The Balaban J connectivity index is 3.42. The third kappa shape index (κ3) is 5.74. The second-order valence-electron chi connectivity index (χ2n) is 1.09. The Labute approximate surface area is 62.0 Å². The summed E-state index contributed by atoms with van der Waals surface area (Å²) in [6.07, 6.45) is 3.45. The largest absolute Gasteiger partial charge is 0.370 e. The molecule has 0 radical (unpaired) electrons. The van der Waals surface area contributed by atoms with Gasteiger partial charge < -0.3 is 11.5 Å².